The van der Waals surface area contributed by atoms with Crippen LogP contribution >= 0.6 is 0 Å². The van der Waals surface area contributed by atoms with E-state index in [9.17, 15) is 29.7 Å². The maximum atomic E-state index is 13.4. The molecular formula is C40H59NO9. The molecule has 0 radical (unpaired) electrons. The zero-order valence-electron chi connectivity index (χ0n) is 29.8. The van der Waals surface area contributed by atoms with Crippen LogP contribution in [0.5, 0.6) is 0 Å². The van der Waals surface area contributed by atoms with Gasteiger partial charge in [0.05, 0.1) is 13.0 Å². The summed E-state index contributed by atoms with van der Waals surface area (Å²) >= 11 is 0. The molecule has 0 bridgehead atoms. The third-order valence-corrected chi connectivity index (χ3v) is 9.19. The maximum Gasteiger partial charge on any atom is 0.306 e. The van der Waals surface area contributed by atoms with E-state index in [0.717, 1.165) is 43.2 Å². The predicted molar refractivity (Wildman–Crippen MR) is 191 cm³/mol. The Bertz CT molecular complexity index is 1230. The molecule has 1 aliphatic rings. The fourth-order valence-electron chi connectivity index (χ4n) is 6.33. The van der Waals surface area contributed by atoms with Crippen LogP contribution in [-0.4, -0.2) is 76.5 Å². The molecule has 0 unspecified atom stereocenters. The second-order valence-electron chi connectivity index (χ2n) is 13.4. The maximum absolute atomic E-state index is 13.4. The van der Waals surface area contributed by atoms with E-state index in [1.807, 2.05) is 60.7 Å². The lowest BCUT2D eigenvalue weighted by molar-refractivity contribution is -0.259. The second kappa shape index (κ2) is 24.0. The van der Waals surface area contributed by atoms with Gasteiger partial charge >= 0.3 is 11.9 Å². The Labute approximate surface area is 297 Å². The first-order valence-electron chi connectivity index (χ1n) is 18.7. The number of aliphatic hydroxyl groups excluding tert-OH is 3. The Kier molecular flexibility index (Phi) is 19.7. The van der Waals surface area contributed by atoms with Crippen LogP contribution in [0, 0.1) is 0 Å². The molecule has 278 valence electrons. The molecule has 2 aromatic rings. The molecule has 50 heavy (non-hydrogen) atoms. The molecule has 3 rings (SSSR count). The number of carbonyl (C=O) groups excluding carboxylic acids is 3. The van der Waals surface area contributed by atoms with Crippen molar-refractivity contribution in [3.8, 4) is 0 Å². The number of amides is 1. The molecule has 0 saturated carbocycles. The van der Waals surface area contributed by atoms with Gasteiger partial charge in [0.1, 0.15) is 24.4 Å². The van der Waals surface area contributed by atoms with Crippen molar-refractivity contribution < 1.29 is 43.9 Å². The fraction of sp³-hybridized carbons (Fsp3) is 0.625. The van der Waals surface area contributed by atoms with Gasteiger partial charge in [-0.25, -0.2) is 0 Å². The molecule has 0 aliphatic carbocycles. The summed E-state index contributed by atoms with van der Waals surface area (Å²) in [6.07, 6.45) is 6.90. The number of hydrogen-bond acceptors (Lipinski definition) is 9. The van der Waals surface area contributed by atoms with Gasteiger partial charge in [0.2, 0.25) is 5.91 Å². The quantitative estimate of drug-likeness (QED) is 0.0797. The van der Waals surface area contributed by atoms with Crippen molar-refractivity contribution in [1.82, 2.24) is 5.32 Å². The van der Waals surface area contributed by atoms with Gasteiger partial charge in [-0.1, -0.05) is 119 Å². The molecule has 2 aromatic carbocycles. The Hall–Kier alpha value is -3.31. The van der Waals surface area contributed by atoms with E-state index >= 15 is 0 Å². The largest absolute Gasteiger partial charge is 0.462 e. The summed E-state index contributed by atoms with van der Waals surface area (Å²) in [4.78, 5) is 39.1. The normalized spacial score (nSPS) is 20.9. The van der Waals surface area contributed by atoms with Gasteiger partial charge < -0.3 is 34.8 Å². The standard InChI is InChI=1S/C40H59NO9/c1-2-3-4-5-6-7-8-9-16-25-32(48-35(44)26-17-23-30-19-12-10-13-20-30)28-34(43)41-37-39(38(46)33(29-42)49-40(37)47)50-36(45)27-18-24-31-21-14-11-15-22-31/h10-15,19-22,32-33,37-40,42,46-47H,2-9,16-18,23-29H2,1H3,(H,41,43)/t32-,33-,37-,38-,39-,40-/m1/s1. The second-order valence-corrected chi connectivity index (χ2v) is 13.4. The molecule has 1 aliphatic heterocycles. The average Bonchev–Trinajstić information content (AvgIpc) is 3.11. The molecule has 4 N–H and O–H groups in total. The summed E-state index contributed by atoms with van der Waals surface area (Å²) < 4.78 is 16.8. The molecule has 10 nitrogen and oxygen atoms in total. The summed E-state index contributed by atoms with van der Waals surface area (Å²) in [5.74, 6) is -1.53. The minimum atomic E-state index is -1.65. The van der Waals surface area contributed by atoms with Crippen LogP contribution < -0.4 is 5.32 Å². The van der Waals surface area contributed by atoms with E-state index < -0.39 is 55.2 Å². The highest BCUT2D eigenvalue weighted by atomic mass is 16.6. The van der Waals surface area contributed by atoms with Crippen molar-refractivity contribution in [1.29, 1.82) is 0 Å². The summed E-state index contributed by atoms with van der Waals surface area (Å²) in [5, 5.41) is 34.0. The fourth-order valence-corrected chi connectivity index (χ4v) is 6.33. The lowest BCUT2D eigenvalue weighted by Gasteiger charge is -2.42. The summed E-state index contributed by atoms with van der Waals surface area (Å²) in [6.45, 7) is 1.58. The van der Waals surface area contributed by atoms with Crippen molar-refractivity contribution in [3.63, 3.8) is 0 Å². The number of rotatable bonds is 24. The summed E-state index contributed by atoms with van der Waals surface area (Å²) in [7, 11) is 0. The number of ether oxygens (including phenoxy) is 3. The highest BCUT2D eigenvalue weighted by molar-refractivity contribution is 5.78. The number of benzene rings is 2. The Morgan fingerprint density at radius 3 is 1.86 bits per heavy atom. The first-order chi connectivity index (χ1) is 24.3. The molecular weight excluding hydrogens is 638 g/mol. The minimum absolute atomic E-state index is 0.0561. The van der Waals surface area contributed by atoms with Crippen LogP contribution in [0.2, 0.25) is 0 Å². The van der Waals surface area contributed by atoms with Crippen molar-refractivity contribution in [2.75, 3.05) is 6.61 Å². The Balaban J connectivity index is 1.56. The van der Waals surface area contributed by atoms with Gasteiger partial charge in [-0.3, -0.25) is 14.4 Å². The zero-order chi connectivity index (χ0) is 36.0. The number of aryl methyl sites for hydroxylation is 2. The van der Waals surface area contributed by atoms with Crippen LogP contribution in [0.1, 0.15) is 114 Å². The van der Waals surface area contributed by atoms with Gasteiger partial charge in [0.15, 0.2) is 12.4 Å². The van der Waals surface area contributed by atoms with Crippen molar-refractivity contribution in [2.24, 2.45) is 0 Å². The van der Waals surface area contributed by atoms with Crippen molar-refractivity contribution >= 4 is 17.8 Å². The first-order valence-corrected chi connectivity index (χ1v) is 18.7. The van der Waals surface area contributed by atoms with Crippen molar-refractivity contribution in [3.05, 3.63) is 71.8 Å². The molecule has 1 amide bonds. The number of esters is 2. The number of nitrogens with one attached hydrogen (secondary N) is 1. The lowest BCUT2D eigenvalue weighted by Crippen LogP contribution is -2.65. The highest BCUT2D eigenvalue weighted by Crippen LogP contribution is 2.24. The smallest absolute Gasteiger partial charge is 0.306 e. The molecule has 1 heterocycles. The number of aliphatic hydroxyl groups is 3. The molecule has 0 spiro atoms. The number of unbranched alkanes of at least 4 members (excludes halogenated alkanes) is 8. The Morgan fingerprint density at radius 1 is 0.760 bits per heavy atom. The predicted octanol–water partition coefficient (Wildman–Crippen LogP) is 5.72. The highest BCUT2D eigenvalue weighted by Gasteiger charge is 2.47. The van der Waals surface area contributed by atoms with Gasteiger partial charge in [-0.15, -0.1) is 0 Å². The zero-order valence-corrected chi connectivity index (χ0v) is 29.8. The molecule has 1 fully saturated rings. The van der Waals surface area contributed by atoms with Crippen LogP contribution in [-0.2, 0) is 41.4 Å². The van der Waals surface area contributed by atoms with Crippen molar-refractivity contribution in [2.45, 2.75) is 153 Å². The molecule has 10 heteroatoms. The van der Waals surface area contributed by atoms with Gasteiger partial charge in [0, 0.05) is 12.8 Å². The summed E-state index contributed by atoms with van der Waals surface area (Å²) in [6, 6.07) is 18.3. The average molecular weight is 698 g/mol. The number of hydrogen-bond donors (Lipinski definition) is 4. The Morgan fingerprint density at radius 2 is 1.30 bits per heavy atom. The van der Waals surface area contributed by atoms with E-state index in [1.165, 1.54) is 32.1 Å². The van der Waals surface area contributed by atoms with E-state index in [4.69, 9.17) is 14.2 Å². The third kappa shape index (κ3) is 15.7. The van der Waals surface area contributed by atoms with Gasteiger partial charge in [0.25, 0.3) is 0 Å². The molecule has 1 saturated heterocycles. The van der Waals surface area contributed by atoms with E-state index in [2.05, 4.69) is 12.2 Å². The van der Waals surface area contributed by atoms with Crippen LogP contribution in [0.25, 0.3) is 0 Å². The molecule has 6 atom stereocenters. The monoisotopic (exact) mass is 697 g/mol. The number of carbonyl (C=O) groups is 3. The van der Waals surface area contributed by atoms with E-state index in [0.29, 0.717) is 25.7 Å². The van der Waals surface area contributed by atoms with Crippen LogP contribution in [0.4, 0.5) is 0 Å². The summed E-state index contributed by atoms with van der Waals surface area (Å²) in [5.41, 5.74) is 2.21. The van der Waals surface area contributed by atoms with Gasteiger partial charge in [-0.05, 0) is 49.7 Å². The first kappa shape index (κ1) is 41.1. The van der Waals surface area contributed by atoms with Crippen LogP contribution in [0.15, 0.2) is 60.7 Å². The third-order valence-electron chi connectivity index (χ3n) is 9.19. The van der Waals surface area contributed by atoms with E-state index in [-0.39, 0.29) is 25.2 Å². The minimum Gasteiger partial charge on any atom is -0.462 e. The lowest BCUT2D eigenvalue weighted by atomic mass is 9.96. The van der Waals surface area contributed by atoms with E-state index in [1.54, 1.807) is 0 Å². The topological polar surface area (TPSA) is 152 Å². The van der Waals surface area contributed by atoms with Crippen LogP contribution in [0.3, 0.4) is 0 Å². The molecule has 0 aromatic heterocycles. The SMILES string of the molecule is CCCCCCCCCCC[C@H](CC(=O)N[C@@H]1[C@@H](OC(=O)CCCc2ccccc2)[C@H](O)[C@@H](CO)O[C@H]1O)OC(=O)CCCc1ccccc1. The van der Waals surface area contributed by atoms with Gasteiger partial charge in [-0.2, -0.15) is 0 Å².